The Morgan fingerprint density at radius 3 is 2.61 bits per heavy atom. The normalized spacial score (nSPS) is 18.6. The molecule has 36 heavy (non-hydrogen) atoms. The second kappa shape index (κ2) is 11.2. The number of aliphatic hydroxyl groups is 1. The zero-order valence-corrected chi connectivity index (χ0v) is 20.7. The molecule has 1 aliphatic heterocycles. The zero-order valence-electron chi connectivity index (χ0n) is 20.7. The summed E-state index contributed by atoms with van der Waals surface area (Å²) in [6.07, 6.45) is 6.52. The largest absolute Gasteiger partial charge is 0.472 e. The summed E-state index contributed by atoms with van der Waals surface area (Å²) < 4.78 is 6.38. The van der Waals surface area contributed by atoms with E-state index in [0.29, 0.717) is 30.8 Å². The maximum absolute atomic E-state index is 13.6. The Labute approximate surface area is 211 Å². The average molecular weight is 487 g/mol. The molecule has 9 nitrogen and oxygen atoms in total. The van der Waals surface area contributed by atoms with Crippen molar-refractivity contribution < 1.29 is 14.6 Å². The Balaban J connectivity index is 1.66. The summed E-state index contributed by atoms with van der Waals surface area (Å²) in [5.41, 5.74) is 3.50. The quantitative estimate of drug-likeness (QED) is 0.542. The van der Waals surface area contributed by atoms with Crippen molar-refractivity contribution in [3.8, 4) is 23.1 Å². The third-order valence-electron chi connectivity index (χ3n) is 6.43. The monoisotopic (exact) mass is 486 g/mol. The van der Waals surface area contributed by atoms with Gasteiger partial charge < -0.3 is 14.7 Å². The van der Waals surface area contributed by atoms with E-state index >= 15 is 0 Å². The number of hydrogen-bond donors (Lipinski definition) is 1. The summed E-state index contributed by atoms with van der Waals surface area (Å²) in [5.74, 6) is 0.0424. The smallest absolute Gasteiger partial charge is 0.259 e. The number of aromatic nitrogens is 3. The molecule has 0 bridgehead atoms. The van der Waals surface area contributed by atoms with Crippen LogP contribution in [-0.2, 0) is 6.54 Å². The zero-order chi connectivity index (χ0) is 25.7. The van der Waals surface area contributed by atoms with Crippen LogP contribution in [0.5, 0.6) is 5.88 Å². The Kier molecular flexibility index (Phi) is 7.88. The molecule has 0 spiro atoms. The highest BCUT2D eigenvalue weighted by Gasteiger charge is 2.34. The first-order valence-corrected chi connectivity index (χ1v) is 11.9. The molecule has 3 heterocycles. The number of pyridine rings is 1. The van der Waals surface area contributed by atoms with Crippen LogP contribution in [0.1, 0.15) is 35.3 Å². The van der Waals surface area contributed by atoms with Gasteiger partial charge in [-0.2, -0.15) is 5.26 Å². The van der Waals surface area contributed by atoms with Crippen LogP contribution in [0.3, 0.4) is 0 Å². The molecule has 3 atom stereocenters. The lowest BCUT2D eigenvalue weighted by Crippen LogP contribution is -2.49. The first-order valence-electron chi connectivity index (χ1n) is 11.9. The van der Waals surface area contributed by atoms with Crippen LogP contribution in [0.25, 0.3) is 11.1 Å². The van der Waals surface area contributed by atoms with Crippen LogP contribution in [0.15, 0.2) is 55.2 Å². The minimum absolute atomic E-state index is 0.00873. The van der Waals surface area contributed by atoms with Crippen LogP contribution in [0.4, 0.5) is 0 Å². The summed E-state index contributed by atoms with van der Waals surface area (Å²) in [4.78, 5) is 30.2. The Bertz CT molecular complexity index is 1230. The molecular formula is C27H30N6O3. The summed E-state index contributed by atoms with van der Waals surface area (Å²) >= 11 is 0. The van der Waals surface area contributed by atoms with Gasteiger partial charge in [-0.15, -0.1) is 0 Å². The van der Waals surface area contributed by atoms with Crippen molar-refractivity contribution in [2.24, 2.45) is 5.92 Å². The maximum Gasteiger partial charge on any atom is 0.259 e. The van der Waals surface area contributed by atoms with Crippen molar-refractivity contribution >= 4 is 5.91 Å². The third-order valence-corrected chi connectivity index (χ3v) is 6.43. The standard InChI is InChI=1S/C27H30N6O3/c1-18-13-33(19(2)16-34)27(35)24-8-23(22-6-4-20(9-28)5-7-22)12-31-26(24)36-25(18)15-32(3)14-21-10-29-17-30-11-21/h4-8,10-12,17-19,25,34H,13-16H2,1-3H3/t18-,19+,25+/m1/s1. The van der Waals surface area contributed by atoms with Gasteiger partial charge in [0.1, 0.15) is 18.0 Å². The molecule has 0 saturated carbocycles. The van der Waals surface area contributed by atoms with Crippen molar-refractivity contribution in [2.45, 2.75) is 32.5 Å². The molecule has 0 saturated heterocycles. The lowest BCUT2D eigenvalue weighted by atomic mass is 9.99. The number of benzene rings is 1. The van der Waals surface area contributed by atoms with Crippen molar-refractivity contribution in [2.75, 3.05) is 26.7 Å². The first kappa shape index (κ1) is 25.2. The SMILES string of the molecule is C[C@@H]1CN([C@@H](C)CO)C(=O)c2cc(-c3ccc(C#N)cc3)cnc2O[C@H]1CN(C)Cc1cncnc1. The Morgan fingerprint density at radius 2 is 1.94 bits per heavy atom. The molecule has 1 N–H and O–H groups in total. The number of fused-ring (bicyclic) bond motifs is 1. The summed E-state index contributed by atoms with van der Waals surface area (Å²) in [6.45, 7) is 5.43. The van der Waals surface area contributed by atoms with Gasteiger partial charge in [-0.1, -0.05) is 19.1 Å². The lowest BCUT2D eigenvalue weighted by Gasteiger charge is -2.37. The minimum atomic E-state index is -0.357. The van der Waals surface area contributed by atoms with Crippen LogP contribution >= 0.6 is 0 Å². The second-order valence-corrected chi connectivity index (χ2v) is 9.33. The van der Waals surface area contributed by atoms with Crippen LogP contribution in [0.2, 0.25) is 0 Å². The second-order valence-electron chi connectivity index (χ2n) is 9.33. The van der Waals surface area contributed by atoms with E-state index in [1.807, 2.05) is 33.0 Å². The van der Waals surface area contributed by atoms with Crippen LogP contribution in [-0.4, -0.2) is 74.7 Å². The Hall–Kier alpha value is -3.87. The van der Waals surface area contributed by atoms with Gasteiger partial charge in [-0.25, -0.2) is 15.0 Å². The van der Waals surface area contributed by atoms with Gasteiger partial charge in [0.2, 0.25) is 5.88 Å². The highest BCUT2D eigenvalue weighted by Crippen LogP contribution is 2.30. The molecule has 0 unspecified atom stereocenters. The van der Waals surface area contributed by atoms with Gasteiger partial charge >= 0.3 is 0 Å². The topological polar surface area (TPSA) is 115 Å². The molecule has 1 amide bonds. The average Bonchev–Trinajstić information content (AvgIpc) is 2.90. The predicted octanol–water partition coefficient (Wildman–Crippen LogP) is 2.76. The van der Waals surface area contributed by atoms with Gasteiger partial charge in [-0.3, -0.25) is 9.69 Å². The van der Waals surface area contributed by atoms with Gasteiger partial charge in [0.05, 0.1) is 24.3 Å². The summed E-state index contributed by atoms with van der Waals surface area (Å²) in [7, 11) is 2.00. The molecule has 0 fully saturated rings. The van der Waals surface area contributed by atoms with E-state index in [2.05, 4.69) is 25.9 Å². The van der Waals surface area contributed by atoms with E-state index in [1.165, 1.54) is 6.33 Å². The Morgan fingerprint density at radius 1 is 1.22 bits per heavy atom. The minimum Gasteiger partial charge on any atom is -0.472 e. The van der Waals surface area contributed by atoms with E-state index in [-0.39, 0.29) is 36.5 Å². The van der Waals surface area contributed by atoms with E-state index in [1.54, 1.807) is 41.7 Å². The number of ether oxygens (including phenoxy) is 1. The number of rotatable bonds is 7. The van der Waals surface area contributed by atoms with E-state index in [0.717, 1.165) is 16.7 Å². The molecule has 1 aromatic carbocycles. The van der Waals surface area contributed by atoms with Crippen LogP contribution < -0.4 is 4.74 Å². The van der Waals surface area contributed by atoms with E-state index in [9.17, 15) is 9.90 Å². The molecule has 0 aliphatic carbocycles. The van der Waals surface area contributed by atoms with Crippen molar-refractivity contribution in [1.29, 1.82) is 5.26 Å². The number of carbonyl (C=O) groups is 1. The number of carbonyl (C=O) groups excluding carboxylic acids is 1. The number of nitrogens with zero attached hydrogens (tertiary/aromatic N) is 6. The van der Waals surface area contributed by atoms with Crippen molar-refractivity contribution in [1.82, 2.24) is 24.8 Å². The molecule has 2 aromatic heterocycles. The highest BCUT2D eigenvalue weighted by molar-refractivity contribution is 5.98. The predicted molar refractivity (Wildman–Crippen MR) is 134 cm³/mol. The molecule has 0 radical (unpaired) electrons. The fourth-order valence-corrected chi connectivity index (χ4v) is 4.31. The fraction of sp³-hybridized carbons (Fsp3) is 0.370. The van der Waals surface area contributed by atoms with Gasteiger partial charge in [-0.05, 0) is 37.7 Å². The molecular weight excluding hydrogens is 456 g/mol. The molecule has 3 aromatic rings. The summed E-state index contributed by atoms with van der Waals surface area (Å²) in [5, 5.41) is 19.0. The van der Waals surface area contributed by atoms with E-state index < -0.39 is 0 Å². The first-order chi connectivity index (χ1) is 17.4. The fourth-order valence-electron chi connectivity index (χ4n) is 4.31. The highest BCUT2D eigenvalue weighted by atomic mass is 16.5. The molecule has 9 heteroatoms. The number of nitriles is 1. The van der Waals surface area contributed by atoms with E-state index in [4.69, 9.17) is 10.00 Å². The molecule has 186 valence electrons. The van der Waals surface area contributed by atoms with Gasteiger partial charge in [0.15, 0.2) is 0 Å². The number of amides is 1. The number of hydrogen-bond acceptors (Lipinski definition) is 8. The van der Waals surface area contributed by atoms with Crippen LogP contribution in [0, 0.1) is 17.2 Å². The molecule has 1 aliphatic rings. The third kappa shape index (κ3) is 5.67. The molecule has 4 rings (SSSR count). The van der Waals surface area contributed by atoms with Crippen molar-refractivity contribution in [3.05, 3.63) is 71.9 Å². The summed E-state index contributed by atoms with van der Waals surface area (Å²) in [6, 6.07) is 10.7. The maximum atomic E-state index is 13.6. The number of likely N-dealkylation sites (N-methyl/N-ethyl adjacent to an activating group) is 1. The van der Waals surface area contributed by atoms with Crippen molar-refractivity contribution in [3.63, 3.8) is 0 Å². The number of aliphatic hydroxyl groups excluding tert-OH is 1. The van der Waals surface area contributed by atoms with Gasteiger partial charge in [0.25, 0.3) is 5.91 Å². The van der Waals surface area contributed by atoms with Gasteiger partial charge in [0, 0.05) is 55.3 Å². The lowest BCUT2D eigenvalue weighted by molar-refractivity contribution is 0.0325.